The highest BCUT2D eigenvalue weighted by atomic mass is 35.5. The highest BCUT2D eigenvalue weighted by Crippen LogP contribution is 2.29. The number of rotatable bonds is 7. The molecule has 0 atom stereocenters. The van der Waals surface area contributed by atoms with E-state index in [1.54, 1.807) is 18.1 Å². The second kappa shape index (κ2) is 9.83. The first-order valence-electron chi connectivity index (χ1n) is 11.4. The van der Waals surface area contributed by atoms with Crippen molar-refractivity contribution in [2.24, 2.45) is 0 Å². The van der Waals surface area contributed by atoms with Crippen LogP contribution in [0.2, 0.25) is 5.02 Å². The number of hydrogen-bond acceptors (Lipinski definition) is 5. The first-order chi connectivity index (χ1) is 17.4. The Morgan fingerprint density at radius 3 is 2.50 bits per heavy atom. The van der Waals surface area contributed by atoms with Crippen molar-refractivity contribution < 1.29 is 9.53 Å². The van der Waals surface area contributed by atoms with Crippen molar-refractivity contribution in [2.45, 2.75) is 26.9 Å². The van der Waals surface area contributed by atoms with Crippen molar-refractivity contribution in [1.82, 2.24) is 24.3 Å². The van der Waals surface area contributed by atoms with Gasteiger partial charge in [0.2, 0.25) is 0 Å². The third-order valence-electron chi connectivity index (χ3n) is 5.95. The monoisotopic (exact) mass is 500 g/mol. The molecule has 36 heavy (non-hydrogen) atoms. The number of amides is 1. The van der Waals surface area contributed by atoms with E-state index >= 15 is 0 Å². The number of ether oxygens (including phenoxy) is 1. The van der Waals surface area contributed by atoms with Gasteiger partial charge in [0.05, 0.1) is 47.3 Å². The number of carbonyl (C=O) groups excluding carboxylic acids is 1. The van der Waals surface area contributed by atoms with E-state index in [-0.39, 0.29) is 5.91 Å². The maximum absolute atomic E-state index is 12.9. The maximum atomic E-state index is 12.9. The summed E-state index contributed by atoms with van der Waals surface area (Å²) in [5.74, 6) is 0.510. The van der Waals surface area contributed by atoms with Gasteiger partial charge < -0.3 is 14.6 Å². The van der Waals surface area contributed by atoms with Gasteiger partial charge in [-0.25, -0.2) is 14.6 Å². The quantitative estimate of drug-likeness (QED) is 0.329. The van der Waals surface area contributed by atoms with Gasteiger partial charge in [-0.1, -0.05) is 41.4 Å². The van der Waals surface area contributed by atoms with Crippen molar-refractivity contribution in [3.63, 3.8) is 0 Å². The van der Waals surface area contributed by atoms with Crippen LogP contribution in [-0.2, 0) is 13.1 Å². The number of imidazole rings is 1. The van der Waals surface area contributed by atoms with E-state index in [0.717, 1.165) is 22.6 Å². The molecule has 0 saturated heterocycles. The summed E-state index contributed by atoms with van der Waals surface area (Å²) in [4.78, 5) is 21.9. The summed E-state index contributed by atoms with van der Waals surface area (Å²) in [6.45, 7) is 4.97. The van der Waals surface area contributed by atoms with Crippen molar-refractivity contribution >= 4 is 34.2 Å². The van der Waals surface area contributed by atoms with Crippen molar-refractivity contribution in [2.75, 3.05) is 12.4 Å². The predicted octanol–water partition coefficient (Wildman–Crippen LogP) is 5.26. The molecule has 0 aliphatic rings. The molecule has 5 aromatic rings. The molecule has 0 aliphatic carbocycles. The van der Waals surface area contributed by atoms with Gasteiger partial charge in [-0.15, -0.1) is 0 Å². The third kappa shape index (κ3) is 4.81. The van der Waals surface area contributed by atoms with Gasteiger partial charge in [0.25, 0.3) is 5.91 Å². The fourth-order valence-electron chi connectivity index (χ4n) is 4.05. The minimum Gasteiger partial charge on any atom is -0.497 e. The fraction of sp³-hybridized carbons (Fsp3) is 0.185. The molecule has 0 aliphatic heterocycles. The van der Waals surface area contributed by atoms with Gasteiger partial charge in [-0.3, -0.25) is 4.79 Å². The second-order valence-corrected chi connectivity index (χ2v) is 9.01. The van der Waals surface area contributed by atoms with Crippen LogP contribution in [0.15, 0.2) is 67.3 Å². The Morgan fingerprint density at radius 2 is 1.78 bits per heavy atom. The van der Waals surface area contributed by atoms with Crippen LogP contribution in [0, 0.1) is 13.8 Å². The molecule has 9 heteroatoms. The SMILES string of the molecule is COc1ccc(Cn2cnc(Cn3nc(C)c4c(Cl)c(C(=O)Nc5ccc(C)cc5)cnc43)c2)cc1. The van der Waals surface area contributed by atoms with E-state index < -0.39 is 0 Å². The maximum Gasteiger partial charge on any atom is 0.258 e. The normalized spacial score (nSPS) is 11.1. The molecule has 182 valence electrons. The zero-order valence-corrected chi connectivity index (χ0v) is 21.0. The number of anilines is 1. The van der Waals surface area contributed by atoms with Gasteiger partial charge in [-0.05, 0) is 43.7 Å². The minimum atomic E-state index is -0.317. The predicted molar refractivity (Wildman–Crippen MR) is 140 cm³/mol. The standard InChI is InChI=1S/C27H25ClN6O2/c1-17-4-8-20(9-5-17)31-27(35)23-12-29-26-24(25(23)28)18(2)32-34(26)15-21-14-33(16-30-21)13-19-6-10-22(36-3)11-7-19/h4-12,14,16H,13,15H2,1-3H3,(H,31,35). The van der Waals surface area contributed by atoms with Crippen LogP contribution < -0.4 is 10.1 Å². The summed E-state index contributed by atoms with van der Waals surface area (Å²) in [6.07, 6.45) is 5.28. The van der Waals surface area contributed by atoms with Gasteiger partial charge in [-0.2, -0.15) is 5.10 Å². The number of aromatic nitrogens is 5. The third-order valence-corrected chi connectivity index (χ3v) is 6.34. The number of hydrogen-bond donors (Lipinski definition) is 1. The molecular formula is C27H25ClN6O2. The molecular weight excluding hydrogens is 476 g/mol. The number of aryl methyl sites for hydroxylation is 2. The van der Waals surface area contributed by atoms with Crippen molar-refractivity contribution in [1.29, 1.82) is 0 Å². The fourth-order valence-corrected chi connectivity index (χ4v) is 4.40. The van der Waals surface area contributed by atoms with E-state index in [1.807, 2.05) is 73.1 Å². The number of pyridine rings is 1. The molecule has 2 aromatic carbocycles. The Morgan fingerprint density at radius 1 is 1.03 bits per heavy atom. The number of carbonyl (C=O) groups is 1. The zero-order chi connectivity index (χ0) is 25.2. The number of benzene rings is 2. The lowest BCUT2D eigenvalue weighted by atomic mass is 10.2. The van der Waals surface area contributed by atoms with E-state index in [4.69, 9.17) is 16.3 Å². The van der Waals surface area contributed by atoms with Gasteiger partial charge in [0.1, 0.15) is 5.75 Å². The number of methoxy groups -OCH3 is 1. The highest BCUT2D eigenvalue weighted by Gasteiger charge is 2.20. The van der Waals surface area contributed by atoms with Crippen molar-refractivity contribution in [3.8, 4) is 5.75 Å². The number of nitrogens with one attached hydrogen (secondary N) is 1. The molecule has 1 amide bonds. The smallest absolute Gasteiger partial charge is 0.258 e. The summed E-state index contributed by atoms with van der Waals surface area (Å²) in [6, 6.07) is 15.5. The van der Waals surface area contributed by atoms with E-state index in [2.05, 4.69) is 20.4 Å². The molecule has 0 bridgehead atoms. The number of nitrogens with zero attached hydrogens (tertiary/aromatic N) is 5. The molecule has 8 nitrogen and oxygen atoms in total. The first kappa shape index (κ1) is 23.6. The van der Waals surface area contributed by atoms with E-state index in [1.165, 1.54) is 6.20 Å². The molecule has 0 saturated carbocycles. The van der Waals surface area contributed by atoms with Crippen LogP contribution in [0.4, 0.5) is 5.69 Å². The van der Waals surface area contributed by atoms with Gasteiger partial charge >= 0.3 is 0 Å². The molecule has 5 rings (SSSR count). The van der Waals surface area contributed by atoms with Gasteiger partial charge in [0, 0.05) is 24.6 Å². The number of fused-ring (bicyclic) bond motifs is 1. The Labute approximate surface area is 213 Å². The average molecular weight is 501 g/mol. The largest absolute Gasteiger partial charge is 0.497 e. The molecule has 0 spiro atoms. The van der Waals surface area contributed by atoms with Crippen LogP contribution in [0.1, 0.15) is 32.9 Å². The van der Waals surface area contributed by atoms with Gasteiger partial charge in [0.15, 0.2) is 5.65 Å². The Balaban J connectivity index is 1.35. The molecule has 0 fully saturated rings. The Kier molecular flexibility index (Phi) is 6.43. The molecule has 0 radical (unpaired) electrons. The molecule has 3 aromatic heterocycles. The van der Waals surface area contributed by atoms with Crippen LogP contribution in [0.3, 0.4) is 0 Å². The van der Waals surface area contributed by atoms with E-state index in [0.29, 0.717) is 46.1 Å². The first-order valence-corrected chi connectivity index (χ1v) is 11.8. The zero-order valence-electron chi connectivity index (χ0n) is 20.2. The summed E-state index contributed by atoms with van der Waals surface area (Å²) in [5.41, 5.74) is 5.40. The van der Waals surface area contributed by atoms with Crippen LogP contribution >= 0.6 is 11.6 Å². The summed E-state index contributed by atoms with van der Waals surface area (Å²) >= 11 is 6.68. The highest BCUT2D eigenvalue weighted by molar-refractivity contribution is 6.39. The Bertz CT molecular complexity index is 1540. The second-order valence-electron chi connectivity index (χ2n) is 8.63. The summed E-state index contributed by atoms with van der Waals surface area (Å²) < 4.78 is 9.00. The average Bonchev–Trinajstić information content (AvgIpc) is 3.45. The lowest BCUT2D eigenvalue weighted by molar-refractivity contribution is 0.102. The molecule has 3 heterocycles. The van der Waals surface area contributed by atoms with Crippen molar-refractivity contribution in [3.05, 3.63) is 100 Å². The summed E-state index contributed by atoms with van der Waals surface area (Å²) in [7, 11) is 1.65. The van der Waals surface area contributed by atoms with Crippen LogP contribution in [0.25, 0.3) is 11.0 Å². The van der Waals surface area contributed by atoms with Crippen LogP contribution in [-0.4, -0.2) is 37.3 Å². The Hall–Kier alpha value is -4.17. The van der Waals surface area contributed by atoms with E-state index in [9.17, 15) is 4.79 Å². The molecule has 0 unspecified atom stereocenters. The minimum absolute atomic E-state index is 0.302. The lowest BCUT2D eigenvalue weighted by Gasteiger charge is -2.08. The van der Waals surface area contributed by atoms with Crippen LogP contribution in [0.5, 0.6) is 5.75 Å². The summed E-state index contributed by atoms with van der Waals surface area (Å²) in [5, 5.41) is 8.49. The topological polar surface area (TPSA) is 86.9 Å². The number of halogens is 1. The lowest BCUT2D eigenvalue weighted by Crippen LogP contribution is -2.13. The molecule has 1 N–H and O–H groups in total.